The topological polar surface area (TPSA) is 82.6 Å². The summed E-state index contributed by atoms with van der Waals surface area (Å²) in [6.07, 6.45) is 0.104. The van der Waals surface area contributed by atoms with E-state index in [-0.39, 0.29) is 5.41 Å². The van der Waals surface area contributed by atoms with Gasteiger partial charge in [-0.3, -0.25) is 4.79 Å². The van der Waals surface area contributed by atoms with Crippen molar-refractivity contribution < 1.29 is 14.6 Å². The second-order valence-electron chi connectivity index (χ2n) is 6.34. The van der Waals surface area contributed by atoms with Crippen molar-refractivity contribution in [1.82, 2.24) is 16.4 Å². The molecule has 1 aromatic rings. The summed E-state index contributed by atoms with van der Waals surface area (Å²) >= 11 is 0. The Labute approximate surface area is 130 Å². The molecule has 22 heavy (non-hydrogen) atoms. The molecule has 2 unspecified atom stereocenters. The summed E-state index contributed by atoms with van der Waals surface area (Å²) < 4.78 is 5.65. The van der Waals surface area contributed by atoms with E-state index in [1.54, 1.807) is 12.1 Å². The van der Waals surface area contributed by atoms with Crippen molar-refractivity contribution in [3.05, 3.63) is 29.8 Å². The summed E-state index contributed by atoms with van der Waals surface area (Å²) in [6.45, 7) is 6.41. The van der Waals surface area contributed by atoms with Crippen LogP contribution in [0.4, 0.5) is 0 Å². The Kier molecular flexibility index (Phi) is 5.03. The lowest BCUT2D eigenvalue weighted by molar-refractivity contribution is -0.141. The monoisotopic (exact) mass is 303 g/mol. The lowest BCUT2D eigenvalue weighted by Gasteiger charge is -2.16. The number of benzene rings is 1. The molecule has 0 amide bonds. The van der Waals surface area contributed by atoms with E-state index >= 15 is 0 Å². The molecule has 6 nitrogen and oxygen atoms in total. The van der Waals surface area contributed by atoms with Gasteiger partial charge >= 0.3 is 5.97 Å². The van der Waals surface area contributed by atoms with Crippen molar-refractivity contribution >= 4 is 5.97 Å². The molecule has 1 saturated heterocycles. The molecular formula is C16H21N3O3. The quantitative estimate of drug-likeness (QED) is 0.629. The molecule has 1 aliphatic heterocycles. The molecule has 0 saturated carbocycles. The molecule has 118 valence electrons. The number of aliphatic carboxylic acids is 1. The maximum Gasteiger partial charge on any atom is 0.327 e. The van der Waals surface area contributed by atoms with Crippen LogP contribution in [-0.4, -0.2) is 23.3 Å². The number of hydrogen-bond donors (Lipinski definition) is 4. The third-order valence-electron chi connectivity index (χ3n) is 2.96. The SMILES string of the molecule is CC(C)(C)CC#Cc1cccc(OC2NNNC2C(=O)O)c1. The maximum absolute atomic E-state index is 11.1. The van der Waals surface area contributed by atoms with Crippen molar-refractivity contribution in [1.29, 1.82) is 0 Å². The summed E-state index contributed by atoms with van der Waals surface area (Å²) in [7, 11) is 0. The first-order chi connectivity index (χ1) is 10.3. The van der Waals surface area contributed by atoms with Crippen molar-refractivity contribution in [3.63, 3.8) is 0 Å². The first-order valence-electron chi connectivity index (χ1n) is 7.10. The van der Waals surface area contributed by atoms with E-state index in [0.29, 0.717) is 5.75 Å². The highest BCUT2D eigenvalue weighted by Crippen LogP contribution is 2.18. The van der Waals surface area contributed by atoms with E-state index in [4.69, 9.17) is 9.84 Å². The summed E-state index contributed by atoms with van der Waals surface area (Å²) in [4.78, 5) is 11.1. The van der Waals surface area contributed by atoms with Gasteiger partial charge < -0.3 is 9.84 Å². The van der Waals surface area contributed by atoms with Crippen molar-refractivity contribution in [2.45, 2.75) is 39.5 Å². The summed E-state index contributed by atoms with van der Waals surface area (Å²) in [5, 5.41) is 9.06. The predicted octanol–water partition coefficient (Wildman–Crippen LogP) is 1.24. The Morgan fingerprint density at radius 2 is 2.14 bits per heavy atom. The van der Waals surface area contributed by atoms with Gasteiger partial charge in [0.25, 0.3) is 0 Å². The number of carboxylic acids is 1. The zero-order valence-electron chi connectivity index (χ0n) is 12.9. The van der Waals surface area contributed by atoms with Crippen LogP contribution in [0.3, 0.4) is 0 Å². The third-order valence-corrected chi connectivity index (χ3v) is 2.96. The minimum absolute atomic E-state index is 0.168. The third kappa shape index (κ3) is 4.74. The number of nitrogens with one attached hydrogen (secondary N) is 3. The molecule has 2 rings (SSSR count). The van der Waals surface area contributed by atoms with Gasteiger partial charge in [-0.05, 0) is 23.6 Å². The smallest absolute Gasteiger partial charge is 0.327 e. The molecule has 0 spiro atoms. The van der Waals surface area contributed by atoms with Gasteiger partial charge in [-0.2, -0.15) is 5.53 Å². The molecule has 0 aromatic heterocycles. The Balaban J connectivity index is 2.04. The lowest BCUT2D eigenvalue weighted by Crippen LogP contribution is -2.44. The summed E-state index contributed by atoms with van der Waals surface area (Å²) in [5.41, 5.74) is 8.86. The van der Waals surface area contributed by atoms with Crippen LogP contribution >= 0.6 is 0 Å². The molecular weight excluding hydrogens is 282 g/mol. The zero-order chi connectivity index (χ0) is 16.2. The molecule has 0 aliphatic carbocycles. The Hall–Kier alpha value is -2.07. The van der Waals surface area contributed by atoms with Crippen molar-refractivity contribution in [2.24, 2.45) is 5.41 Å². The molecule has 6 heteroatoms. The van der Waals surface area contributed by atoms with E-state index in [2.05, 4.69) is 49.0 Å². The maximum atomic E-state index is 11.1. The molecule has 1 fully saturated rings. The fourth-order valence-electron chi connectivity index (χ4n) is 1.84. The van der Waals surface area contributed by atoms with E-state index in [0.717, 1.165) is 12.0 Å². The average Bonchev–Trinajstić information content (AvgIpc) is 2.86. The predicted molar refractivity (Wildman–Crippen MR) is 82.6 cm³/mol. The number of ether oxygens (including phenoxy) is 1. The molecule has 4 N–H and O–H groups in total. The number of carbonyl (C=O) groups is 1. The van der Waals surface area contributed by atoms with Crippen LogP contribution in [0.1, 0.15) is 32.8 Å². The summed E-state index contributed by atoms with van der Waals surface area (Å²) in [5.74, 6) is 5.82. The van der Waals surface area contributed by atoms with Gasteiger partial charge in [0, 0.05) is 12.0 Å². The minimum atomic E-state index is -0.997. The Morgan fingerprint density at radius 1 is 1.36 bits per heavy atom. The standard InChI is InChI=1S/C16H21N3O3/c1-16(2,3)9-5-7-11-6-4-8-12(10-11)22-14-13(15(20)21)17-19-18-14/h4,6,8,10,13-14,17-19H,9H2,1-3H3,(H,20,21). The molecule has 1 heterocycles. The van der Waals surface area contributed by atoms with E-state index in [1.807, 2.05) is 12.1 Å². The zero-order valence-corrected chi connectivity index (χ0v) is 12.9. The fraction of sp³-hybridized carbons (Fsp3) is 0.438. The fourth-order valence-corrected chi connectivity index (χ4v) is 1.84. The van der Waals surface area contributed by atoms with Gasteiger partial charge in [0.2, 0.25) is 0 Å². The van der Waals surface area contributed by atoms with E-state index < -0.39 is 18.2 Å². The molecule has 0 bridgehead atoms. The van der Waals surface area contributed by atoms with Crippen LogP contribution in [0.15, 0.2) is 24.3 Å². The first kappa shape index (κ1) is 16.3. The van der Waals surface area contributed by atoms with Gasteiger partial charge in [0.1, 0.15) is 5.75 Å². The first-order valence-corrected chi connectivity index (χ1v) is 7.10. The summed E-state index contributed by atoms with van der Waals surface area (Å²) in [6, 6.07) is 6.44. The van der Waals surface area contributed by atoms with Crippen molar-refractivity contribution in [2.75, 3.05) is 0 Å². The van der Waals surface area contributed by atoms with Gasteiger partial charge in [-0.1, -0.05) is 38.7 Å². The second kappa shape index (κ2) is 6.79. The minimum Gasteiger partial charge on any atom is -0.480 e. The Bertz CT molecular complexity index is 599. The number of hydrogen-bond acceptors (Lipinski definition) is 5. The molecule has 2 atom stereocenters. The molecule has 1 aromatic carbocycles. The lowest BCUT2D eigenvalue weighted by atomic mass is 9.93. The average molecular weight is 303 g/mol. The Morgan fingerprint density at radius 3 is 2.82 bits per heavy atom. The second-order valence-corrected chi connectivity index (χ2v) is 6.34. The number of rotatable bonds is 3. The van der Waals surface area contributed by atoms with Gasteiger partial charge in [-0.25, -0.2) is 10.9 Å². The van der Waals surface area contributed by atoms with Crippen LogP contribution < -0.4 is 21.1 Å². The number of carboxylic acid groups (broad SMARTS) is 1. The van der Waals surface area contributed by atoms with Crippen LogP contribution in [0.5, 0.6) is 5.75 Å². The van der Waals surface area contributed by atoms with Gasteiger partial charge in [0.05, 0.1) is 0 Å². The highest BCUT2D eigenvalue weighted by Gasteiger charge is 2.34. The van der Waals surface area contributed by atoms with E-state index in [9.17, 15) is 4.79 Å². The normalized spacial score (nSPS) is 21.0. The highest BCUT2D eigenvalue weighted by molar-refractivity contribution is 5.74. The molecule has 1 aliphatic rings. The van der Waals surface area contributed by atoms with Crippen LogP contribution in [0, 0.1) is 17.3 Å². The largest absolute Gasteiger partial charge is 0.480 e. The van der Waals surface area contributed by atoms with Crippen LogP contribution in [-0.2, 0) is 4.79 Å². The van der Waals surface area contributed by atoms with Gasteiger partial charge in [-0.15, -0.1) is 0 Å². The van der Waals surface area contributed by atoms with Crippen LogP contribution in [0.25, 0.3) is 0 Å². The van der Waals surface area contributed by atoms with Crippen molar-refractivity contribution in [3.8, 4) is 17.6 Å². The van der Waals surface area contributed by atoms with Crippen LogP contribution in [0.2, 0.25) is 0 Å². The van der Waals surface area contributed by atoms with E-state index in [1.165, 1.54) is 0 Å². The van der Waals surface area contributed by atoms with Gasteiger partial charge in [0.15, 0.2) is 12.3 Å². The highest BCUT2D eigenvalue weighted by atomic mass is 16.5. The number of hydrazine groups is 2. The molecule has 0 radical (unpaired) electrons.